The Balaban J connectivity index is 1.93. The second-order valence-corrected chi connectivity index (χ2v) is 6.35. The van der Waals surface area contributed by atoms with E-state index >= 15 is 0 Å². The average molecular weight is 366 g/mol. The molecule has 4 heteroatoms. The fraction of sp³-hybridized carbons (Fsp3) is 0. The van der Waals surface area contributed by atoms with Gasteiger partial charge in [0.05, 0.1) is 11.1 Å². The van der Waals surface area contributed by atoms with Crippen LogP contribution in [0.2, 0.25) is 0 Å². The molecule has 0 aliphatic carbocycles. The maximum absolute atomic E-state index is 11.6. The van der Waals surface area contributed by atoms with Crippen LogP contribution >= 0.6 is 0 Å². The molecule has 0 aliphatic heterocycles. The topological polar surface area (TPSA) is 74.6 Å². The van der Waals surface area contributed by atoms with E-state index in [9.17, 15) is 19.8 Å². The summed E-state index contributed by atoms with van der Waals surface area (Å²) >= 11 is 0. The number of hydrogen-bond acceptors (Lipinski definition) is 2. The van der Waals surface area contributed by atoms with E-state index in [-0.39, 0.29) is 11.1 Å². The van der Waals surface area contributed by atoms with Crippen molar-refractivity contribution in [1.29, 1.82) is 0 Å². The van der Waals surface area contributed by atoms with Crippen LogP contribution in [-0.4, -0.2) is 22.2 Å². The molecule has 0 fully saturated rings. The number of carbonyl (C=O) groups is 2. The van der Waals surface area contributed by atoms with Gasteiger partial charge in [0, 0.05) is 16.5 Å². The Kier molecular flexibility index (Phi) is 4.27. The summed E-state index contributed by atoms with van der Waals surface area (Å²) in [5, 5.41) is 22.0. The van der Waals surface area contributed by atoms with Gasteiger partial charge in [-0.25, -0.2) is 9.59 Å². The van der Waals surface area contributed by atoms with Crippen LogP contribution in [0, 0.1) is 11.8 Å². The van der Waals surface area contributed by atoms with Gasteiger partial charge in [0.25, 0.3) is 0 Å². The smallest absolute Gasteiger partial charge is 0.336 e. The van der Waals surface area contributed by atoms with Gasteiger partial charge in [-0.2, -0.15) is 0 Å². The molecule has 0 heterocycles. The van der Waals surface area contributed by atoms with E-state index in [1.165, 1.54) is 18.2 Å². The Bertz CT molecular complexity index is 1320. The summed E-state index contributed by atoms with van der Waals surface area (Å²) in [7, 11) is 0. The molecule has 0 aliphatic rings. The van der Waals surface area contributed by atoms with Crippen LogP contribution < -0.4 is 0 Å². The van der Waals surface area contributed by atoms with Crippen molar-refractivity contribution in [1.82, 2.24) is 0 Å². The molecule has 0 unspecified atom stereocenters. The number of rotatable bonds is 2. The number of hydrogen-bond donors (Lipinski definition) is 2. The van der Waals surface area contributed by atoms with Crippen LogP contribution in [0.25, 0.3) is 21.5 Å². The third kappa shape index (κ3) is 3.17. The van der Waals surface area contributed by atoms with Crippen LogP contribution in [0.1, 0.15) is 31.8 Å². The van der Waals surface area contributed by atoms with Crippen LogP contribution in [-0.2, 0) is 0 Å². The van der Waals surface area contributed by atoms with Crippen LogP contribution in [0.3, 0.4) is 0 Å². The van der Waals surface area contributed by atoms with Crippen molar-refractivity contribution < 1.29 is 19.8 Å². The molecular formula is C24H14O4. The lowest BCUT2D eigenvalue weighted by Crippen LogP contribution is -2.02. The number of aromatic carboxylic acids is 2. The lowest BCUT2D eigenvalue weighted by Gasteiger charge is -2.07. The largest absolute Gasteiger partial charge is 0.478 e. The standard InChI is InChI=1S/C24H14O4/c25-23(26)20-13-18-6-3-7-21(24(27)28)22(18)19(14-20)11-9-15-8-10-16-4-1-2-5-17(16)12-15/h1-8,10,12-14H,(H,25,26)(H,27,28). The fourth-order valence-electron chi connectivity index (χ4n) is 3.23. The van der Waals surface area contributed by atoms with Crippen molar-refractivity contribution in [3.8, 4) is 11.8 Å². The Morgan fingerprint density at radius 1 is 0.679 bits per heavy atom. The highest BCUT2D eigenvalue weighted by Crippen LogP contribution is 2.25. The van der Waals surface area contributed by atoms with Crippen LogP contribution in [0.15, 0.2) is 72.8 Å². The van der Waals surface area contributed by atoms with E-state index in [1.54, 1.807) is 12.1 Å². The Morgan fingerprint density at radius 3 is 2.18 bits per heavy atom. The van der Waals surface area contributed by atoms with Gasteiger partial charge in [0.2, 0.25) is 0 Å². The normalized spacial score (nSPS) is 10.4. The first-order valence-electron chi connectivity index (χ1n) is 8.57. The van der Waals surface area contributed by atoms with Crippen LogP contribution in [0.4, 0.5) is 0 Å². The second kappa shape index (κ2) is 6.90. The van der Waals surface area contributed by atoms with Gasteiger partial charge in [-0.15, -0.1) is 0 Å². The Hall–Kier alpha value is -4.10. The third-order valence-corrected chi connectivity index (χ3v) is 4.55. The van der Waals surface area contributed by atoms with Crippen molar-refractivity contribution in [2.24, 2.45) is 0 Å². The average Bonchev–Trinajstić information content (AvgIpc) is 2.71. The van der Waals surface area contributed by atoms with Gasteiger partial charge in [-0.3, -0.25) is 0 Å². The predicted molar refractivity (Wildman–Crippen MR) is 108 cm³/mol. The first-order chi connectivity index (χ1) is 13.5. The summed E-state index contributed by atoms with van der Waals surface area (Å²) in [6.07, 6.45) is 0. The zero-order valence-corrected chi connectivity index (χ0v) is 14.6. The lowest BCUT2D eigenvalue weighted by molar-refractivity contribution is 0.0688. The summed E-state index contributed by atoms with van der Waals surface area (Å²) in [6.45, 7) is 0. The van der Waals surface area contributed by atoms with Crippen molar-refractivity contribution in [3.63, 3.8) is 0 Å². The Labute approximate surface area is 160 Å². The van der Waals surface area contributed by atoms with Gasteiger partial charge in [0.1, 0.15) is 0 Å². The van der Waals surface area contributed by atoms with Crippen molar-refractivity contribution >= 4 is 33.5 Å². The van der Waals surface area contributed by atoms with E-state index in [2.05, 4.69) is 11.8 Å². The van der Waals surface area contributed by atoms with E-state index in [1.807, 2.05) is 42.5 Å². The molecule has 134 valence electrons. The third-order valence-electron chi connectivity index (χ3n) is 4.55. The van der Waals surface area contributed by atoms with Crippen LogP contribution in [0.5, 0.6) is 0 Å². The van der Waals surface area contributed by atoms with Gasteiger partial charge in [-0.1, -0.05) is 54.3 Å². The molecule has 0 saturated heterocycles. The summed E-state index contributed by atoms with van der Waals surface area (Å²) < 4.78 is 0. The van der Waals surface area contributed by atoms with Crippen molar-refractivity contribution in [2.45, 2.75) is 0 Å². The Morgan fingerprint density at radius 2 is 1.43 bits per heavy atom. The van der Waals surface area contributed by atoms with E-state index < -0.39 is 11.9 Å². The number of benzene rings is 4. The predicted octanol–water partition coefficient (Wildman–Crippen LogP) is 4.79. The summed E-state index contributed by atoms with van der Waals surface area (Å²) in [5.41, 5.74) is 1.30. The highest BCUT2D eigenvalue weighted by Gasteiger charge is 2.14. The molecule has 4 aromatic rings. The van der Waals surface area contributed by atoms with E-state index in [4.69, 9.17) is 0 Å². The first-order valence-corrected chi connectivity index (χ1v) is 8.57. The molecule has 0 amide bonds. The fourth-order valence-corrected chi connectivity index (χ4v) is 3.23. The molecule has 0 atom stereocenters. The molecule has 4 aromatic carbocycles. The number of carboxylic acid groups (broad SMARTS) is 2. The van der Waals surface area contributed by atoms with Crippen molar-refractivity contribution in [2.75, 3.05) is 0 Å². The molecule has 0 bridgehead atoms. The quantitative estimate of drug-likeness (QED) is 0.500. The molecule has 4 nitrogen and oxygen atoms in total. The molecule has 0 radical (unpaired) electrons. The minimum Gasteiger partial charge on any atom is -0.478 e. The zero-order valence-electron chi connectivity index (χ0n) is 14.6. The SMILES string of the molecule is O=C(O)c1cc(C#Cc2ccc3ccccc3c2)c2c(C(=O)O)cccc2c1. The van der Waals surface area contributed by atoms with Gasteiger partial charge < -0.3 is 10.2 Å². The number of fused-ring (bicyclic) bond motifs is 2. The second-order valence-electron chi connectivity index (χ2n) is 6.35. The molecule has 4 rings (SSSR count). The highest BCUT2D eigenvalue weighted by atomic mass is 16.4. The summed E-state index contributed by atoms with van der Waals surface area (Å²) in [6, 6.07) is 21.4. The molecule has 0 aromatic heterocycles. The van der Waals surface area contributed by atoms with E-state index in [0.29, 0.717) is 16.3 Å². The maximum atomic E-state index is 11.6. The number of carboxylic acids is 2. The lowest BCUT2D eigenvalue weighted by atomic mass is 9.96. The van der Waals surface area contributed by atoms with E-state index in [0.717, 1.165) is 16.3 Å². The van der Waals surface area contributed by atoms with Gasteiger partial charge >= 0.3 is 11.9 Å². The molecule has 28 heavy (non-hydrogen) atoms. The minimum absolute atomic E-state index is 0.0675. The zero-order chi connectivity index (χ0) is 19.7. The first kappa shape index (κ1) is 17.3. The minimum atomic E-state index is -1.09. The molecule has 0 saturated carbocycles. The summed E-state index contributed by atoms with van der Waals surface area (Å²) in [4.78, 5) is 23.1. The maximum Gasteiger partial charge on any atom is 0.336 e. The highest BCUT2D eigenvalue weighted by molar-refractivity contribution is 6.08. The molecular weight excluding hydrogens is 352 g/mol. The molecule has 2 N–H and O–H groups in total. The van der Waals surface area contributed by atoms with Gasteiger partial charge in [0.15, 0.2) is 0 Å². The monoisotopic (exact) mass is 366 g/mol. The van der Waals surface area contributed by atoms with Gasteiger partial charge in [-0.05, 0) is 46.5 Å². The molecule has 0 spiro atoms. The van der Waals surface area contributed by atoms with Crippen molar-refractivity contribution in [3.05, 3.63) is 95.1 Å². The summed E-state index contributed by atoms with van der Waals surface area (Å²) in [5.74, 6) is 3.86.